The van der Waals surface area contributed by atoms with Crippen LogP contribution in [0.3, 0.4) is 0 Å². The Morgan fingerprint density at radius 3 is 2.60 bits per heavy atom. The number of anilines is 1. The van der Waals surface area contributed by atoms with E-state index in [-0.39, 0.29) is 34.1 Å². The van der Waals surface area contributed by atoms with Crippen LogP contribution in [0.25, 0.3) is 5.69 Å². The first-order chi connectivity index (χ1) is 14.2. The second kappa shape index (κ2) is 7.88. The van der Waals surface area contributed by atoms with Crippen molar-refractivity contribution in [2.45, 2.75) is 0 Å². The van der Waals surface area contributed by atoms with Crippen molar-refractivity contribution in [3.8, 4) is 23.3 Å². The summed E-state index contributed by atoms with van der Waals surface area (Å²) in [5.41, 5.74) is 4.93. The molecule has 0 aliphatic rings. The smallest absolute Gasteiger partial charge is 0.357 e. The molecule has 0 fully saturated rings. The van der Waals surface area contributed by atoms with Gasteiger partial charge in [0, 0.05) is 24.4 Å². The highest BCUT2D eigenvalue weighted by atomic mass is 19.1. The molecule has 3 aromatic rings. The molecule has 0 saturated heterocycles. The molecule has 11 heteroatoms. The van der Waals surface area contributed by atoms with Gasteiger partial charge in [0.05, 0.1) is 35.0 Å². The number of methoxy groups -OCH3 is 1. The van der Waals surface area contributed by atoms with E-state index in [2.05, 4.69) is 4.74 Å². The molecule has 30 heavy (non-hydrogen) atoms. The fourth-order valence-corrected chi connectivity index (χ4v) is 2.67. The van der Waals surface area contributed by atoms with Gasteiger partial charge in [0.1, 0.15) is 17.6 Å². The predicted octanol–water partition coefficient (Wildman–Crippen LogP) is 3.70. The van der Waals surface area contributed by atoms with E-state index in [1.54, 1.807) is 6.07 Å². The zero-order valence-electron chi connectivity index (χ0n) is 15.3. The van der Waals surface area contributed by atoms with Crippen LogP contribution in [0.1, 0.15) is 16.1 Å². The molecule has 0 atom stereocenters. The fourth-order valence-electron chi connectivity index (χ4n) is 2.67. The number of ether oxygens (including phenoxy) is 2. The van der Waals surface area contributed by atoms with Gasteiger partial charge >= 0.3 is 5.97 Å². The number of benzene rings is 2. The number of esters is 1. The van der Waals surface area contributed by atoms with Crippen LogP contribution in [0.4, 0.5) is 20.2 Å². The van der Waals surface area contributed by atoms with Gasteiger partial charge in [-0.15, -0.1) is 0 Å². The maximum absolute atomic E-state index is 13.9. The summed E-state index contributed by atoms with van der Waals surface area (Å²) in [5.74, 6) is -3.27. The van der Waals surface area contributed by atoms with Gasteiger partial charge in [0.25, 0.3) is 5.69 Å². The van der Waals surface area contributed by atoms with E-state index >= 15 is 0 Å². The Kier molecular flexibility index (Phi) is 5.33. The molecule has 0 amide bonds. The van der Waals surface area contributed by atoms with E-state index in [0.29, 0.717) is 6.07 Å². The molecule has 0 unspecified atom stereocenters. The molecule has 0 aliphatic heterocycles. The van der Waals surface area contributed by atoms with E-state index < -0.39 is 28.2 Å². The monoisotopic (exact) mass is 414 g/mol. The fraction of sp³-hybridized carbons (Fsp3) is 0.0526. The Balaban J connectivity index is 2.18. The molecule has 1 heterocycles. The number of halogens is 2. The van der Waals surface area contributed by atoms with E-state index in [9.17, 15) is 29.0 Å². The Morgan fingerprint density at radius 2 is 2.00 bits per heavy atom. The predicted molar refractivity (Wildman–Crippen MR) is 99.3 cm³/mol. The highest BCUT2D eigenvalue weighted by Crippen LogP contribution is 2.33. The molecule has 2 aromatic carbocycles. The van der Waals surface area contributed by atoms with Crippen LogP contribution in [0.5, 0.6) is 11.5 Å². The van der Waals surface area contributed by atoms with Gasteiger partial charge in [-0.2, -0.15) is 5.26 Å². The van der Waals surface area contributed by atoms with Crippen molar-refractivity contribution < 1.29 is 28.0 Å². The summed E-state index contributed by atoms with van der Waals surface area (Å²) in [5, 5.41) is 20.6. The van der Waals surface area contributed by atoms with Crippen molar-refractivity contribution in [3.63, 3.8) is 0 Å². The van der Waals surface area contributed by atoms with Crippen LogP contribution in [-0.2, 0) is 4.74 Å². The third-order valence-corrected chi connectivity index (χ3v) is 4.03. The molecule has 0 aliphatic carbocycles. The first-order valence-electron chi connectivity index (χ1n) is 8.17. The topological polar surface area (TPSA) is 133 Å². The third-order valence-electron chi connectivity index (χ3n) is 4.03. The summed E-state index contributed by atoms with van der Waals surface area (Å²) in [6.07, 6.45) is 1.20. The van der Waals surface area contributed by atoms with Gasteiger partial charge in [0.2, 0.25) is 0 Å². The lowest BCUT2D eigenvalue weighted by atomic mass is 10.2. The van der Waals surface area contributed by atoms with Gasteiger partial charge in [-0.05, 0) is 12.1 Å². The number of non-ortho nitro benzene ring substituents is 1. The highest BCUT2D eigenvalue weighted by molar-refractivity contribution is 5.96. The lowest BCUT2D eigenvalue weighted by Crippen LogP contribution is -2.11. The molecular weight excluding hydrogens is 402 g/mol. The van der Waals surface area contributed by atoms with E-state index in [1.165, 1.54) is 12.3 Å². The van der Waals surface area contributed by atoms with Gasteiger partial charge in [-0.25, -0.2) is 13.6 Å². The van der Waals surface area contributed by atoms with Gasteiger partial charge in [-0.1, -0.05) is 0 Å². The summed E-state index contributed by atoms with van der Waals surface area (Å²) in [6, 6.07) is 7.74. The largest absolute Gasteiger partial charge is 0.464 e. The second-order valence-electron chi connectivity index (χ2n) is 5.90. The normalized spacial score (nSPS) is 10.3. The van der Waals surface area contributed by atoms with Gasteiger partial charge in [-0.3, -0.25) is 10.1 Å². The Hall–Kier alpha value is -4.46. The minimum absolute atomic E-state index is 0.0234. The minimum Gasteiger partial charge on any atom is -0.464 e. The summed E-state index contributed by atoms with van der Waals surface area (Å²) in [4.78, 5) is 22.8. The number of nitro benzene ring substituents is 1. The molecule has 0 radical (unpaired) electrons. The number of hydrogen-bond acceptors (Lipinski definition) is 7. The minimum atomic E-state index is -1.02. The van der Waals surface area contributed by atoms with Gasteiger partial charge < -0.3 is 19.8 Å². The van der Waals surface area contributed by atoms with Crippen molar-refractivity contribution >= 4 is 17.3 Å². The summed E-state index contributed by atoms with van der Waals surface area (Å²) in [7, 11) is 1.10. The number of aromatic nitrogens is 1. The molecule has 0 bridgehead atoms. The zero-order valence-corrected chi connectivity index (χ0v) is 15.3. The molecule has 9 nitrogen and oxygen atoms in total. The summed E-state index contributed by atoms with van der Waals surface area (Å²) < 4.78 is 38.1. The Labute approximate surface area is 167 Å². The molecule has 0 saturated carbocycles. The molecule has 2 N–H and O–H groups in total. The standard InChI is InChI=1S/C19H12F2N4O5/c1-29-19(26)18-17(23)10(8-22)9-24(18)12-5-13(25(27)28)7-14(6-12)30-16-3-2-11(20)4-15(16)21/h2-7,9H,23H2,1H3. The number of nitrogens with zero attached hydrogens (tertiary/aromatic N) is 3. The van der Waals surface area contributed by atoms with Crippen LogP contribution in [0.15, 0.2) is 42.6 Å². The number of nitrogen functional groups attached to an aromatic ring is 1. The lowest BCUT2D eigenvalue weighted by molar-refractivity contribution is -0.384. The number of rotatable bonds is 5. The molecule has 3 rings (SSSR count). The van der Waals surface area contributed by atoms with Crippen molar-refractivity contribution in [2.75, 3.05) is 12.8 Å². The average Bonchev–Trinajstić information content (AvgIpc) is 3.05. The quantitative estimate of drug-likeness (QED) is 0.382. The Morgan fingerprint density at radius 1 is 1.27 bits per heavy atom. The molecular formula is C19H12F2N4O5. The number of carbonyl (C=O) groups excluding carboxylic acids is 1. The van der Waals surface area contributed by atoms with Crippen molar-refractivity contribution in [1.82, 2.24) is 4.57 Å². The molecule has 0 spiro atoms. The second-order valence-corrected chi connectivity index (χ2v) is 5.90. The van der Waals surface area contributed by atoms with Crippen molar-refractivity contribution in [1.29, 1.82) is 5.26 Å². The number of carbonyl (C=O) groups is 1. The Bertz CT molecular complexity index is 1220. The SMILES string of the molecule is COC(=O)c1c(N)c(C#N)cn1-c1cc(Oc2ccc(F)cc2F)cc([N+](=O)[O-])c1. The van der Waals surface area contributed by atoms with Gasteiger partial charge in [0.15, 0.2) is 17.3 Å². The maximum Gasteiger partial charge on any atom is 0.357 e. The number of nitriles is 1. The van der Waals surface area contributed by atoms with Crippen molar-refractivity contribution in [2.24, 2.45) is 0 Å². The first-order valence-corrected chi connectivity index (χ1v) is 8.17. The van der Waals surface area contributed by atoms with Crippen molar-refractivity contribution in [3.05, 3.63) is 75.6 Å². The van der Waals surface area contributed by atoms with Crippen LogP contribution >= 0.6 is 0 Å². The lowest BCUT2D eigenvalue weighted by Gasteiger charge is -2.12. The van der Waals surface area contributed by atoms with E-state index in [1.807, 2.05) is 0 Å². The summed E-state index contributed by atoms with van der Waals surface area (Å²) >= 11 is 0. The zero-order chi connectivity index (χ0) is 22.0. The van der Waals surface area contributed by atoms with Crippen LogP contribution < -0.4 is 10.5 Å². The van der Waals surface area contributed by atoms with Crippen LogP contribution in [0, 0.1) is 33.1 Å². The molecule has 1 aromatic heterocycles. The van der Waals surface area contributed by atoms with E-state index in [0.717, 1.165) is 35.9 Å². The maximum atomic E-state index is 13.9. The van der Waals surface area contributed by atoms with E-state index in [4.69, 9.17) is 10.5 Å². The molecule has 152 valence electrons. The average molecular weight is 414 g/mol. The van der Waals surface area contributed by atoms with Crippen LogP contribution in [-0.4, -0.2) is 22.6 Å². The highest BCUT2D eigenvalue weighted by Gasteiger charge is 2.23. The number of nitrogens with two attached hydrogens (primary N) is 1. The first kappa shape index (κ1) is 20.3. The number of hydrogen-bond donors (Lipinski definition) is 1. The number of nitro groups is 1. The third kappa shape index (κ3) is 3.74. The van der Waals surface area contributed by atoms with Crippen LogP contribution in [0.2, 0.25) is 0 Å². The summed E-state index contributed by atoms with van der Waals surface area (Å²) in [6.45, 7) is 0.